The van der Waals surface area contributed by atoms with Gasteiger partial charge in [-0.05, 0) is 74.2 Å². The Kier molecular flexibility index (Phi) is 6.92. The minimum Gasteiger partial charge on any atom is -0.484 e. The fraction of sp³-hybridized carbons (Fsp3) is 0.409. The first-order valence-electron chi connectivity index (χ1n) is 9.96. The highest BCUT2D eigenvalue weighted by Crippen LogP contribution is 2.21. The van der Waals surface area contributed by atoms with Gasteiger partial charge in [0.2, 0.25) is 10.0 Å². The molecule has 1 amide bonds. The highest BCUT2D eigenvalue weighted by molar-refractivity contribution is 7.89. The van der Waals surface area contributed by atoms with E-state index in [-0.39, 0.29) is 23.5 Å². The number of ether oxygens (including phenoxy) is 1. The van der Waals surface area contributed by atoms with Crippen LogP contribution in [0, 0.1) is 13.8 Å². The predicted octanol–water partition coefficient (Wildman–Crippen LogP) is 3.93. The van der Waals surface area contributed by atoms with E-state index < -0.39 is 10.0 Å². The molecule has 2 N–H and O–H groups in total. The third-order valence-electron chi connectivity index (χ3n) is 5.22. The number of sulfonamides is 1. The van der Waals surface area contributed by atoms with Gasteiger partial charge in [-0.15, -0.1) is 0 Å². The number of carbonyl (C=O) groups excluding carboxylic acids is 1. The number of amides is 1. The number of benzene rings is 2. The molecule has 0 aliphatic heterocycles. The first-order chi connectivity index (χ1) is 13.8. The number of rotatable bonds is 7. The van der Waals surface area contributed by atoms with Gasteiger partial charge in [-0.25, -0.2) is 13.1 Å². The first-order valence-corrected chi connectivity index (χ1v) is 11.4. The van der Waals surface area contributed by atoms with Crippen molar-refractivity contribution in [2.45, 2.75) is 56.9 Å². The maximum atomic E-state index is 12.5. The number of carbonyl (C=O) groups is 1. The van der Waals surface area contributed by atoms with Crippen molar-refractivity contribution in [2.24, 2.45) is 0 Å². The van der Waals surface area contributed by atoms with Gasteiger partial charge in [0.05, 0.1) is 4.90 Å². The molecule has 2 aromatic carbocycles. The van der Waals surface area contributed by atoms with Gasteiger partial charge in [-0.1, -0.05) is 25.3 Å². The van der Waals surface area contributed by atoms with Crippen molar-refractivity contribution >= 4 is 21.6 Å². The Balaban J connectivity index is 1.53. The fourth-order valence-corrected chi connectivity index (χ4v) is 4.69. The molecule has 3 rings (SSSR count). The van der Waals surface area contributed by atoms with Gasteiger partial charge in [0.15, 0.2) is 6.61 Å². The minimum atomic E-state index is -3.54. The standard InChI is InChI=1S/C22H28N2O4S/c1-16-8-9-19(14-17(16)2)23-22(25)15-28-20-10-12-21(13-11-20)29(26,27)24-18-6-4-3-5-7-18/h8-14,18,24H,3-7,15H2,1-2H3,(H,23,25). The number of hydrogen-bond donors (Lipinski definition) is 2. The smallest absolute Gasteiger partial charge is 0.262 e. The maximum Gasteiger partial charge on any atom is 0.262 e. The summed E-state index contributed by atoms with van der Waals surface area (Å²) < 4.78 is 33.3. The molecular weight excluding hydrogens is 388 g/mol. The van der Waals surface area contributed by atoms with E-state index in [0.717, 1.165) is 42.5 Å². The lowest BCUT2D eigenvalue weighted by atomic mass is 9.96. The minimum absolute atomic E-state index is 0.0128. The van der Waals surface area contributed by atoms with Gasteiger partial charge < -0.3 is 10.1 Å². The molecule has 1 aliphatic rings. The fourth-order valence-electron chi connectivity index (χ4n) is 3.39. The Hall–Kier alpha value is -2.38. The van der Waals surface area contributed by atoms with Crippen molar-refractivity contribution in [3.63, 3.8) is 0 Å². The van der Waals surface area contributed by atoms with Crippen LogP contribution in [0.25, 0.3) is 0 Å². The van der Waals surface area contributed by atoms with Crippen molar-refractivity contribution in [2.75, 3.05) is 11.9 Å². The van der Waals surface area contributed by atoms with Crippen molar-refractivity contribution in [1.29, 1.82) is 0 Å². The quantitative estimate of drug-likeness (QED) is 0.716. The van der Waals surface area contributed by atoms with Crippen LogP contribution < -0.4 is 14.8 Å². The van der Waals surface area contributed by atoms with Gasteiger partial charge in [0.25, 0.3) is 5.91 Å². The normalized spacial score (nSPS) is 15.1. The molecule has 0 saturated heterocycles. The maximum absolute atomic E-state index is 12.5. The number of hydrogen-bond acceptors (Lipinski definition) is 4. The molecule has 0 heterocycles. The summed E-state index contributed by atoms with van der Waals surface area (Å²) in [6.45, 7) is 3.85. The van der Waals surface area contributed by atoms with E-state index in [1.54, 1.807) is 12.1 Å². The Bertz CT molecular complexity index is 949. The molecule has 1 aliphatic carbocycles. The van der Waals surface area contributed by atoms with Crippen LogP contribution in [0.1, 0.15) is 43.2 Å². The van der Waals surface area contributed by atoms with Gasteiger partial charge >= 0.3 is 0 Å². The van der Waals surface area contributed by atoms with Crippen molar-refractivity contribution in [1.82, 2.24) is 4.72 Å². The Morgan fingerprint density at radius 2 is 1.69 bits per heavy atom. The third-order valence-corrected chi connectivity index (χ3v) is 6.76. The van der Waals surface area contributed by atoms with E-state index >= 15 is 0 Å². The molecule has 0 aromatic heterocycles. The van der Waals surface area contributed by atoms with Gasteiger partial charge in [0, 0.05) is 11.7 Å². The largest absolute Gasteiger partial charge is 0.484 e. The van der Waals surface area contributed by atoms with Crippen molar-refractivity contribution in [3.05, 3.63) is 53.6 Å². The van der Waals surface area contributed by atoms with E-state index in [0.29, 0.717) is 5.75 Å². The molecule has 6 nitrogen and oxygen atoms in total. The molecule has 2 aromatic rings. The molecular formula is C22H28N2O4S. The van der Waals surface area contributed by atoms with Crippen LogP contribution in [0.15, 0.2) is 47.4 Å². The second kappa shape index (κ2) is 9.41. The van der Waals surface area contributed by atoms with Crippen LogP contribution in [0.3, 0.4) is 0 Å². The summed E-state index contributed by atoms with van der Waals surface area (Å²) in [5, 5.41) is 2.79. The average Bonchev–Trinajstić information content (AvgIpc) is 2.70. The van der Waals surface area contributed by atoms with E-state index in [4.69, 9.17) is 4.74 Å². The van der Waals surface area contributed by atoms with Crippen molar-refractivity contribution < 1.29 is 17.9 Å². The zero-order valence-electron chi connectivity index (χ0n) is 16.9. The Labute approximate surface area is 172 Å². The molecule has 0 spiro atoms. The van der Waals surface area contributed by atoms with Crippen LogP contribution in [-0.2, 0) is 14.8 Å². The Morgan fingerprint density at radius 3 is 2.34 bits per heavy atom. The van der Waals surface area contributed by atoms with Crippen LogP contribution >= 0.6 is 0 Å². The van der Waals surface area contributed by atoms with Crippen LogP contribution in [-0.4, -0.2) is 27.0 Å². The summed E-state index contributed by atoms with van der Waals surface area (Å²) in [6.07, 6.45) is 5.06. The van der Waals surface area contributed by atoms with Gasteiger partial charge in [0.1, 0.15) is 5.75 Å². The number of nitrogens with one attached hydrogen (secondary N) is 2. The van der Waals surface area contributed by atoms with E-state index in [1.165, 1.54) is 18.6 Å². The molecule has 156 valence electrons. The molecule has 1 saturated carbocycles. The van der Waals surface area contributed by atoms with Crippen LogP contribution in [0.2, 0.25) is 0 Å². The Morgan fingerprint density at radius 1 is 1.00 bits per heavy atom. The number of aryl methyl sites for hydroxylation is 2. The highest BCUT2D eigenvalue weighted by atomic mass is 32.2. The molecule has 7 heteroatoms. The zero-order valence-corrected chi connectivity index (χ0v) is 17.7. The summed E-state index contributed by atoms with van der Waals surface area (Å²) >= 11 is 0. The average molecular weight is 417 g/mol. The topological polar surface area (TPSA) is 84.5 Å². The summed E-state index contributed by atoms with van der Waals surface area (Å²) in [7, 11) is -3.54. The first kappa shape index (κ1) is 21.3. The molecule has 0 radical (unpaired) electrons. The van der Waals surface area contributed by atoms with Crippen molar-refractivity contribution in [3.8, 4) is 5.75 Å². The lowest BCUT2D eigenvalue weighted by Crippen LogP contribution is -2.36. The third kappa shape index (κ3) is 6.05. The molecule has 1 fully saturated rings. The number of anilines is 1. The molecule has 29 heavy (non-hydrogen) atoms. The summed E-state index contributed by atoms with van der Waals surface area (Å²) in [5.41, 5.74) is 2.98. The predicted molar refractivity (Wildman–Crippen MR) is 114 cm³/mol. The summed E-state index contributed by atoms with van der Waals surface area (Å²) in [4.78, 5) is 12.3. The molecule has 0 bridgehead atoms. The second-order valence-corrected chi connectivity index (χ2v) is 9.28. The van der Waals surface area contributed by atoms with Crippen LogP contribution in [0.4, 0.5) is 5.69 Å². The van der Waals surface area contributed by atoms with E-state index in [2.05, 4.69) is 10.0 Å². The van der Waals surface area contributed by atoms with Gasteiger partial charge in [-0.2, -0.15) is 0 Å². The zero-order chi connectivity index (χ0) is 20.9. The molecule has 0 atom stereocenters. The monoisotopic (exact) mass is 416 g/mol. The van der Waals surface area contributed by atoms with E-state index in [1.807, 2.05) is 32.0 Å². The highest BCUT2D eigenvalue weighted by Gasteiger charge is 2.21. The summed E-state index contributed by atoms with van der Waals surface area (Å²) in [6, 6.07) is 11.9. The SMILES string of the molecule is Cc1ccc(NC(=O)COc2ccc(S(=O)(=O)NC3CCCCC3)cc2)cc1C. The lowest BCUT2D eigenvalue weighted by Gasteiger charge is -2.22. The van der Waals surface area contributed by atoms with Gasteiger partial charge in [-0.3, -0.25) is 4.79 Å². The van der Waals surface area contributed by atoms with Crippen LogP contribution in [0.5, 0.6) is 5.75 Å². The second-order valence-electron chi connectivity index (χ2n) is 7.56. The van der Waals surface area contributed by atoms with E-state index in [9.17, 15) is 13.2 Å². The lowest BCUT2D eigenvalue weighted by molar-refractivity contribution is -0.118. The molecule has 0 unspecified atom stereocenters. The summed E-state index contributed by atoms with van der Waals surface area (Å²) in [5.74, 6) is 0.167.